The fourth-order valence-electron chi connectivity index (χ4n) is 1.60. The second-order valence-corrected chi connectivity index (χ2v) is 5.53. The Bertz CT molecular complexity index is 258. The highest BCUT2D eigenvalue weighted by molar-refractivity contribution is 7.99. The van der Waals surface area contributed by atoms with Crippen molar-refractivity contribution in [2.24, 2.45) is 0 Å². The zero-order valence-corrected chi connectivity index (χ0v) is 10.4. The van der Waals surface area contributed by atoms with Crippen LogP contribution in [-0.2, 0) is 6.42 Å². The van der Waals surface area contributed by atoms with Crippen LogP contribution in [0.3, 0.4) is 0 Å². The van der Waals surface area contributed by atoms with Crippen molar-refractivity contribution in [1.82, 2.24) is 15.6 Å². The molecule has 2 N–H and O–H groups in total. The van der Waals surface area contributed by atoms with Crippen LogP contribution in [-0.4, -0.2) is 42.2 Å². The van der Waals surface area contributed by atoms with Crippen molar-refractivity contribution in [2.75, 3.05) is 31.1 Å². The van der Waals surface area contributed by atoms with Gasteiger partial charge in [-0.3, -0.25) is 0 Å². The highest BCUT2D eigenvalue weighted by Crippen LogP contribution is 2.06. The molecule has 1 saturated heterocycles. The largest absolute Gasteiger partial charge is 0.315 e. The van der Waals surface area contributed by atoms with Crippen LogP contribution < -0.4 is 10.6 Å². The van der Waals surface area contributed by atoms with Gasteiger partial charge in [0.25, 0.3) is 0 Å². The number of hydrogen-bond donors (Lipinski definition) is 2. The molecule has 2 rings (SSSR count). The third-order valence-corrected chi connectivity index (χ3v) is 4.20. The monoisotopic (exact) mass is 243 g/mol. The Hall–Kier alpha value is -0.100. The summed E-state index contributed by atoms with van der Waals surface area (Å²) in [6.45, 7) is 3.27. The molecule has 0 radical (unpaired) electrons. The van der Waals surface area contributed by atoms with Crippen molar-refractivity contribution in [3.8, 4) is 0 Å². The summed E-state index contributed by atoms with van der Waals surface area (Å²) in [6, 6.07) is 0.652. The van der Waals surface area contributed by atoms with Crippen LogP contribution in [0.2, 0.25) is 0 Å². The van der Waals surface area contributed by atoms with Gasteiger partial charge in [-0.25, -0.2) is 4.98 Å². The fourth-order valence-corrected chi connectivity index (χ4v) is 3.15. The second-order valence-electron chi connectivity index (χ2n) is 3.66. The summed E-state index contributed by atoms with van der Waals surface area (Å²) in [7, 11) is 0. The topological polar surface area (TPSA) is 37.0 Å². The second kappa shape index (κ2) is 6.48. The van der Waals surface area contributed by atoms with E-state index in [0.717, 1.165) is 26.1 Å². The zero-order valence-electron chi connectivity index (χ0n) is 8.74. The molecule has 0 bridgehead atoms. The number of aromatic nitrogens is 1. The predicted octanol–water partition coefficient (Wildman–Crippen LogP) is 0.980. The van der Waals surface area contributed by atoms with Gasteiger partial charge in [-0.05, 0) is 0 Å². The molecule has 3 nitrogen and oxygen atoms in total. The summed E-state index contributed by atoms with van der Waals surface area (Å²) in [5, 5.41) is 9.12. The predicted molar refractivity (Wildman–Crippen MR) is 67.8 cm³/mol. The quantitative estimate of drug-likeness (QED) is 0.756. The summed E-state index contributed by atoms with van der Waals surface area (Å²) in [5.74, 6) is 2.50. The van der Waals surface area contributed by atoms with Crippen LogP contribution in [0, 0.1) is 0 Å². The standard InChI is InChI=1S/C10H17N3S2/c1(9-6-15-8-13-9)2-11-5-10-7-14-4-3-12-10/h6,8,10-12H,1-5,7H2. The molecule has 1 atom stereocenters. The summed E-state index contributed by atoms with van der Waals surface area (Å²) < 4.78 is 0. The first kappa shape index (κ1) is 11.4. The summed E-state index contributed by atoms with van der Waals surface area (Å²) >= 11 is 3.72. The lowest BCUT2D eigenvalue weighted by Crippen LogP contribution is -2.44. The van der Waals surface area contributed by atoms with E-state index in [4.69, 9.17) is 0 Å². The fraction of sp³-hybridized carbons (Fsp3) is 0.700. The van der Waals surface area contributed by atoms with Gasteiger partial charge in [0, 0.05) is 49.0 Å². The van der Waals surface area contributed by atoms with Crippen LogP contribution in [0.4, 0.5) is 0 Å². The molecule has 0 spiro atoms. The zero-order chi connectivity index (χ0) is 10.3. The molecule has 1 aliphatic rings. The lowest BCUT2D eigenvalue weighted by Gasteiger charge is -2.23. The molecule has 1 aromatic rings. The maximum absolute atomic E-state index is 4.26. The first-order valence-electron chi connectivity index (χ1n) is 5.34. The SMILES string of the molecule is c1nc(CCNCC2CSCCN2)cs1. The van der Waals surface area contributed by atoms with E-state index in [9.17, 15) is 0 Å². The van der Waals surface area contributed by atoms with Gasteiger partial charge in [0.1, 0.15) is 0 Å². The number of thioether (sulfide) groups is 1. The molecule has 0 aliphatic carbocycles. The minimum atomic E-state index is 0.652. The number of rotatable bonds is 5. The average Bonchev–Trinajstić information content (AvgIpc) is 2.79. The first-order valence-corrected chi connectivity index (χ1v) is 7.44. The van der Waals surface area contributed by atoms with Gasteiger partial charge in [-0.2, -0.15) is 11.8 Å². The van der Waals surface area contributed by atoms with Gasteiger partial charge in [0.05, 0.1) is 11.2 Å². The molecule has 0 saturated carbocycles. The Balaban J connectivity index is 1.54. The molecule has 0 amide bonds. The van der Waals surface area contributed by atoms with Crippen LogP contribution in [0.15, 0.2) is 10.9 Å². The van der Waals surface area contributed by atoms with E-state index in [0.29, 0.717) is 6.04 Å². The Morgan fingerprint density at radius 2 is 2.60 bits per heavy atom. The van der Waals surface area contributed by atoms with Crippen molar-refractivity contribution < 1.29 is 0 Å². The van der Waals surface area contributed by atoms with Crippen LogP contribution in [0.25, 0.3) is 0 Å². The minimum absolute atomic E-state index is 0.652. The summed E-state index contributed by atoms with van der Waals surface area (Å²) in [4.78, 5) is 4.26. The van der Waals surface area contributed by atoms with Gasteiger partial charge >= 0.3 is 0 Å². The smallest absolute Gasteiger partial charge is 0.0794 e. The van der Waals surface area contributed by atoms with Crippen molar-refractivity contribution in [2.45, 2.75) is 12.5 Å². The highest BCUT2D eigenvalue weighted by Gasteiger charge is 2.11. The van der Waals surface area contributed by atoms with Crippen LogP contribution in [0.1, 0.15) is 5.69 Å². The Morgan fingerprint density at radius 3 is 3.33 bits per heavy atom. The molecule has 1 fully saturated rings. The average molecular weight is 243 g/mol. The van der Waals surface area contributed by atoms with E-state index in [1.807, 2.05) is 17.3 Å². The van der Waals surface area contributed by atoms with Gasteiger partial charge < -0.3 is 10.6 Å². The third-order valence-electron chi connectivity index (χ3n) is 2.43. The summed E-state index contributed by atoms with van der Waals surface area (Å²) in [5.41, 5.74) is 3.10. The molecule has 1 aliphatic heterocycles. The van der Waals surface area contributed by atoms with Crippen molar-refractivity contribution in [1.29, 1.82) is 0 Å². The van der Waals surface area contributed by atoms with E-state index < -0.39 is 0 Å². The van der Waals surface area contributed by atoms with E-state index in [2.05, 4.69) is 21.0 Å². The number of thiazole rings is 1. The van der Waals surface area contributed by atoms with Crippen molar-refractivity contribution in [3.63, 3.8) is 0 Å². The lowest BCUT2D eigenvalue weighted by atomic mass is 10.3. The van der Waals surface area contributed by atoms with E-state index in [1.54, 1.807) is 11.3 Å². The highest BCUT2D eigenvalue weighted by atomic mass is 32.2. The normalized spacial score (nSPS) is 21.7. The third kappa shape index (κ3) is 4.10. The molecular formula is C10H17N3S2. The van der Waals surface area contributed by atoms with Gasteiger partial charge in [-0.15, -0.1) is 11.3 Å². The van der Waals surface area contributed by atoms with Crippen molar-refractivity contribution in [3.05, 3.63) is 16.6 Å². The Morgan fingerprint density at radius 1 is 1.60 bits per heavy atom. The minimum Gasteiger partial charge on any atom is -0.315 e. The summed E-state index contributed by atoms with van der Waals surface area (Å²) in [6.07, 6.45) is 1.05. The van der Waals surface area contributed by atoms with Crippen LogP contribution >= 0.6 is 23.1 Å². The maximum Gasteiger partial charge on any atom is 0.0794 e. The van der Waals surface area contributed by atoms with Crippen LogP contribution in [0.5, 0.6) is 0 Å². The first-order chi connectivity index (χ1) is 7.45. The number of nitrogens with zero attached hydrogens (tertiary/aromatic N) is 1. The molecule has 2 heterocycles. The molecule has 84 valence electrons. The van der Waals surface area contributed by atoms with E-state index >= 15 is 0 Å². The molecule has 5 heteroatoms. The Kier molecular flexibility index (Phi) is 4.92. The molecule has 0 aromatic carbocycles. The lowest BCUT2D eigenvalue weighted by molar-refractivity contribution is 0.515. The van der Waals surface area contributed by atoms with Crippen molar-refractivity contribution >= 4 is 23.1 Å². The van der Waals surface area contributed by atoms with Gasteiger partial charge in [-0.1, -0.05) is 0 Å². The van der Waals surface area contributed by atoms with Gasteiger partial charge in [0.15, 0.2) is 0 Å². The van der Waals surface area contributed by atoms with E-state index in [-0.39, 0.29) is 0 Å². The van der Waals surface area contributed by atoms with E-state index in [1.165, 1.54) is 17.2 Å². The van der Waals surface area contributed by atoms with Gasteiger partial charge in [0.2, 0.25) is 0 Å². The maximum atomic E-state index is 4.26. The molecular weight excluding hydrogens is 226 g/mol. The molecule has 15 heavy (non-hydrogen) atoms. The molecule has 1 aromatic heterocycles. The number of hydrogen-bond acceptors (Lipinski definition) is 5. The Labute approximate surface area is 99.1 Å². The molecule has 1 unspecified atom stereocenters. The number of nitrogens with one attached hydrogen (secondary N) is 2.